The van der Waals surface area contributed by atoms with Crippen molar-refractivity contribution in [2.24, 2.45) is 4.99 Å². The molecule has 0 heterocycles. The quantitative estimate of drug-likeness (QED) is 0.843. The van der Waals surface area contributed by atoms with E-state index in [2.05, 4.69) is 10.3 Å². The predicted octanol–water partition coefficient (Wildman–Crippen LogP) is 4.51. The first kappa shape index (κ1) is 15.9. The number of hydrogen-bond donors (Lipinski definition) is 1. The van der Waals surface area contributed by atoms with Crippen molar-refractivity contribution in [3.8, 4) is 5.75 Å². The van der Waals surface area contributed by atoms with Gasteiger partial charge in [-0.05, 0) is 42.5 Å². The topological polar surface area (TPSA) is 33.6 Å². The fraction of sp³-hybridized carbons (Fsp3) is 0.188. The van der Waals surface area contributed by atoms with Crippen molar-refractivity contribution in [1.82, 2.24) is 0 Å². The Labute approximate surface area is 126 Å². The summed E-state index contributed by atoms with van der Waals surface area (Å²) in [5.41, 5.74) is 1.39. The van der Waals surface area contributed by atoms with E-state index in [1.807, 2.05) is 0 Å². The number of ether oxygens (including phenoxy) is 1. The van der Waals surface area contributed by atoms with Crippen LogP contribution in [0.4, 0.5) is 24.5 Å². The lowest BCUT2D eigenvalue weighted by Crippen LogP contribution is -2.04. The van der Waals surface area contributed by atoms with Crippen molar-refractivity contribution in [3.05, 3.63) is 53.6 Å². The zero-order valence-electron chi connectivity index (χ0n) is 12.1. The van der Waals surface area contributed by atoms with Gasteiger partial charge in [0.2, 0.25) is 0 Å². The summed E-state index contributed by atoms with van der Waals surface area (Å²) in [5, 5.41) is 3.07. The van der Waals surface area contributed by atoms with Crippen LogP contribution in [0.2, 0.25) is 0 Å². The fourth-order valence-corrected chi connectivity index (χ4v) is 1.93. The Balaban J connectivity index is 2.27. The summed E-state index contributed by atoms with van der Waals surface area (Å²) in [6, 6.07) is 10.2. The minimum absolute atomic E-state index is 0.559. The van der Waals surface area contributed by atoms with Gasteiger partial charge in [0, 0.05) is 30.2 Å². The van der Waals surface area contributed by atoms with E-state index in [1.54, 1.807) is 38.6 Å². The van der Waals surface area contributed by atoms with Crippen LogP contribution in [0.5, 0.6) is 5.75 Å². The third-order valence-electron chi connectivity index (χ3n) is 3.02. The van der Waals surface area contributed by atoms with Crippen molar-refractivity contribution in [3.63, 3.8) is 0 Å². The Bertz CT molecular complexity index is 664. The number of nitrogens with one attached hydrogen (secondary N) is 1. The number of methoxy groups -OCH3 is 1. The van der Waals surface area contributed by atoms with E-state index < -0.39 is 11.7 Å². The highest BCUT2D eigenvalue weighted by Crippen LogP contribution is 2.31. The summed E-state index contributed by atoms with van der Waals surface area (Å²) in [7, 11) is 3.20. The number of hydrogen-bond acceptors (Lipinski definition) is 3. The van der Waals surface area contributed by atoms with Crippen LogP contribution in [-0.2, 0) is 6.18 Å². The van der Waals surface area contributed by atoms with E-state index >= 15 is 0 Å². The molecule has 0 aliphatic rings. The van der Waals surface area contributed by atoms with Gasteiger partial charge in [-0.25, -0.2) is 0 Å². The Morgan fingerprint density at radius 1 is 1.09 bits per heavy atom. The van der Waals surface area contributed by atoms with Crippen molar-refractivity contribution in [2.45, 2.75) is 6.18 Å². The third kappa shape index (κ3) is 3.78. The zero-order valence-corrected chi connectivity index (χ0v) is 12.1. The highest BCUT2D eigenvalue weighted by molar-refractivity contribution is 5.89. The Kier molecular flexibility index (Phi) is 4.70. The van der Waals surface area contributed by atoms with Crippen LogP contribution < -0.4 is 10.1 Å². The maximum atomic E-state index is 12.5. The van der Waals surface area contributed by atoms with Gasteiger partial charge in [0.05, 0.1) is 12.7 Å². The maximum absolute atomic E-state index is 12.5. The number of anilines is 2. The second kappa shape index (κ2) is 6.51. The lowest BCUT2D eigenvalue weighted by atomic mass is 10.1. The standard InChI is InChI=1S/C16H15F3N2O/c1-20-10-11-9-14(22-2)7-8-15(11)21-13-5-3-12(4-6-13)16(17,18)19/h3-10,21H,1-2H3. The molecule has 2 rings (SSSR count). The molecule has 22 heavy (non-hydrogen) atoms. The molecule has 0 aliphatic heterocycles. The smallest absolute Gasteiger partial charge is 0.416 e. The summed E-state index contributed by atoms with van der Waals surface area (Å²) in [6.45, 7) is 0. The molecule has 1 N–H and O–H groups in total. The minimum atomic E-state index is -4.33. The van der Waals surface area contributed by atoms with Gasteiger partial charge in [-0.2, -0.15) is 13.2 Å². The normalized spacial score (nSPS) is 11.7. The van der Waals surface area contributed by atoms with Gasteiger partial charge in [0.25, 0.3) is 0 Å². The second-order valence-corrected chi connectivity index (χ2v) is 4.54. The number of halogens is 3. The van der Waals surface area contributed by atoms with Crippen molar-refractivity contribution < 1.29 is 17.9 Å². The number of alkyl halides is 3. The van der Waals surface area contributed by atoms with Gasteiger partial charge in [0.1, 0.15) is 5.75 Å². The molecule has 0 unspecified atom stereocenters. The molecule has 0 aromatic heterocycles. The molecule has 0 aliphatic carbocycles. The molecule has 2 aromatic rings. The predicted molar refractivity (Wildman–Crippen MR) is 81.2 cm³/mol. The molecule has 0 amide bonds. The van der Waals surface area contributed by atoms with Gasteiger partial charge in [-0.1, -0.05) is 0 Å². The van der Waals surface area contributed by atoms with Crippen LogP contribution >= 0.6 is 0 Å². The van der Waals surface area contributed by atoms with Gasteiger partial charge in [-0.15, -0.1) is 0 Å². The molecule has 0 bridgehead atoms. The highest BCUT2D eigenvalue weighted by Gasteiger charge is 2.29. The highest BCUT2D eigenvalue weighted by atomic mass is 19.4. The summed E-state index contributed by atoms with van der Waals surface area (Å²) in [6.07, 6.45) is -2.69. The molecule has 2 aromatic carbocycles. The van der Waals surface area contributed by atoms with E-state index in [0.29, 0.717) is 11.4 Å². The Morgan fingerprint density at radius 3 is 2.32 bits per heavy atom. The molecule has 0 spiro atoms. The van der Waals surface area contributed by atoms with Crippen molar-refractivity contribution >= 4 is 17.6 Å². The van der Waals surface area contributed by atoms with E-state index in [4.69, 9.17) is 4.74 Å². The molecule has 0 saturated heterocycles. The van der Waals surface area contributed by atoms with Crippen LogP contribution in [-0.4, -0.2) is 20.4 Å². The Morgan fingerprint density at radius 2 is 1.77 bits per heavy atom. The van der Waals surface area contributed by atoms with Crippen LogP contribution in [0.1, 0.15) is 11.1 Å². The number of aliphatic imine (C=N–C) groups is 1. The van der Waals surface area contributed by atoms with Crippen LogP contribution in [0.25, 0.3) is 0 Å². The third-order valence-corrected chi connectivity index (χ3v) is 3.02. The summed E-state index contributed by atoms with van der Waals surface area (Å²) in [5.74, 6) is 0.674. The lowest BCUT2D eigenvalue weighted by molar-refractivity contribution is -0.137. The molecule has 0 radical (unpaired) electrons. The average Bonchev–Trinajstić information content (AvgIpc) is 2.49. The van der Waals surface area contributed by atoms with Crippen molar-refractivity contribution in [1.29, 1.82) is 0 Å². The average molecular weight is 308 g/mol. The fourth-order valence-electron chi connectivity index (χ4n) is 1.93. The second-order valence-electron chi connectivity index (χ2n) is 4.54. The minimum Gasteiger partial charge on any atom is -0.497 e. The van der Waals surface area contributed by atoms with Gasteiger partial charge >= 0.3 is 6.18 Å². The zero-order chi connectivity index (χ0) is 16.2. The van der Waals surface area contributed by atoms with Gasteiger partial charge < -0.3 is 10.1 Å². The van der Waals surface area contributed by atoms with Crippen LogP contribution in [0.15, 0.2) is 47.5 Å². The SMILES string of the molecule is CN=Cc1cc(OC)ccc1Nc1ccc(C(F)(F)F)cc1. The molecule has 6 heteroatoms. The summed E-state index contributed by atoms with van der Waals surface area (Å²) < 4.78 is 42.8. The molecule has 0 atom stereocenters. The monoisotopic (exact) mass is 308 g/mol. The molecular weight excluding hydrogens is 293 g/mol. The van der Waals surface area contributed by atoms with E-state index in [9.17, 15) is 13.2 Å². The van der Waals surface area contributed by atoms with Crippen LogP contribution in [0, 0.1) is 0 Å². The number of nitrogens with zero attached hydrogens (tertiary/aromatic N) is 1. The van der Waals surface area contributed by atoms with Crippen LogP contribution in [0.3, 0.4) is 0 Å². The molecule has 3 nitrogen and oxygen atoms in total. The van der Waals surface area contributed by atoms with Gasteiger partial charge in [-0.3, -0.25) is 4.99 Å². The first-order valence-electron chi connectivity index (χ1n) is 6.48. The van der Waals surface area contributed by atoms with E-state index in [0.717, 1.165) is 23.4 Å². The molecule has 116 valence electrons. The molecular formula is C16H15F3N2O. The molecule has 0 fully saturated rings. The van der Waals surface area contributed by atoms with E-state index in [-0.39, 0.29) is 0 Å². The number of rotatable bonds is 4. The number of benzene rings is 2. The molecule has 0 saturated carbocycles. The van der Waals surface area contributed by atoms with Gasteiger partial charge in [0.15, 0.2) is 0 Å². The van der Waals surface area contributed by atoms with E-state index in [1.165, 1.54) is 12.1 Å². The summed E-state index contributed by atoms with van der Waals surface area (Å²) in [4.78, 5) is 3.96. The van der Waals surface area contributed by atoms with Crippen molar-refractivity contribution in [2.75, 3.05) is 19.5 Å². The first-order chi connectivity index (χ1) is 10.4. The Hall–Kier alpha value is -2.50. The lowest BCUT2D eigenvalue weighted by Gasteiger charge is -2.12. The summed E-state index contributed by atoms with van der Waals surface area (Å²) >= 11 is 0. The largest absolute Gasteiger partial charge is 0.497 e. The maximum Gasteiger partial charge on any atom is 0.416 e. The first-order valence-corrected chi connectivity index (χ1v) is 6.48.